The van der Waals surface area contributed by atoms with Crippen LogP contribution in [0.25, 0.3) is 0 Å². The van der Waals surface area contributed by atoms with Crippen molar-refractivity contribution in [1.29, 1.82) is 0 Å². The third-order valence-electron chi connectivity index (χ3n) is 8.84. The van der Waals surface area contributed by atoms with Gasteiger partial charge in [-0.15, -0.1) is 0 Å². The fourth-order valence-electron chi connectivity index (χ4n) is 5.97. The predicted octanol–water partition coefficient (Wildman–Crippen LogP) is 14.4. The van der Waals surface area contributed by atoms with Crippen molar-refractivity contribution in [2.75, 3.05) is 20.6 Å². The fourth-order valence-corrected chi connectivity index (χ4v) is 5.97. The van der Waals surface area contributed by atoms with Crippen LogP contribution in [0.4, 0.5) is 0 Å². The zero-order valence-corrected chi connectivity index (χ0v) is 30.1. The van der Waals surface area contributed by atoms with E-state index in [1.165, 1.54) is 173 Å². The second kappa shape index (κ2) is 37.1. The van der Waals surface area contributed by atoms with E-state index < -0.39 is 0 Å². The molecule has 0 amide bonds. The van der Waals surface area contributed by atoms with E-state index in [1.807, 2.05) is 0 Å². The molecule has 0 aliphatic carbocycles. The maximum atomic E-state index is 2.41. The van der Waals surface area contributed by atoms with Crippen LogP contribution in [0.3, 0.4) is 0 Å². The van der Waals surface area contributed by atoms with E-state index >= 15 is 0 Å². The molecule has 43 heavy (non-hydrogen) atoms. The summed E-state index contributed by atoms with van der Waals surface area (Å²) in [4.78, 5) is 2.36. The largest absolute Gasteiger partial charge is 0.309 e. The van der Waals surface area contributed by atoms with Crippen molar-refractivity contribution in [1.82, 2.24) is 4.90 Å². The Morgan fingerprint density at radius 2 is 0.698 bits per heavy atom. The van der Waals surface area contributed by atoms with Crippen LogP contribution < -0.4 is 0 Å². The zero-order valence-electron chi connectivity index (χ0n) is 30.1. The number of rotatable bonds is 34. The number of allylic oxidation sites excluding steroid dienone is 8. The third kappa shape index (κ3) is 37.0. The second-order valence-electron chi connectivity index (χ2n) is 13.6. The van der Waals surface area contributed by atoms with Gasteiger partial charge in [0.15, 0.2) is 0 Å². The summed E-state index contributed by atoms with van der Waals surface area (Å²) in [6.45, 7) is 5.80. The molecule has 0 rings (SSSR count). The van der Waals surface area contributed by atoms with Crippen molar-refractivity contribution in [3.05, 3.63) is 48.6 Å². The molecule has 252 valence electrons. The van der Waals surface area contributed by atoms with Gasteiger partial charge in [-0.05, 0) is 104 Å². The highest BCUT2D eigenvalue weighted by Gasteiger charge is 2.09. The molecule has 0 bridgehead atoms. The molecule has 0 saturated carbocycles. The monoisotopic (exact) mass is 598 g/mol. The van der Waals surface area contributed by atoms with E-state index in [0.29, 0.717) is 0 Å². The summed E-state index contributed by atoms with van der Waals surface area (Å²) in [6.07, 6.45) is 57.3. The van der Waals surface area contributed by atoms with E-state index in [1.54, 1.807) is 0 Å². The summed E-state index contributed by atoms with van der Waals surface area (Å²) >= 11 is 0. The molecule has 0 spiro atoms. The van der Waals surface area contributed by atoms with E-state index in [9.17, 15) is 0 Å². The first kappa shape index (κ1) is 41.9. The van der Waals surface area contributed by atoms with Crippen molar-refractivity contribution < 1.29 is 0 Å². The Morgan fingerprint density at radius 3 is 1.07 bits per heavy atom. The Labute approximate surface area is 273 Å². The van der Waals surface area contributed by atoms with Gasteiger partial charge in [0.05, 0.1) is 0 Å². The quantitative estimate of drug-likeness (QED) is 0.0527. The Bertz CT molecular complexity index is 577. The minimum atomic E-state index is 0.969. The van der Waals surface area contributed by atoms with Crippen LogP contribution >= 0.6 is 0 Å². The fraction of sp³-hybridized carbons (Fsp3) is 0.810. The smallest absolute Gasteiger partial charge is 0.00247 e. The van der Waals surface area contributed by atoms with Gasteiger partial charge >= 0.3 is 0 Å². The average Bonchev–Trinajstić information content (AvgIpc) is 3.00. The minimum Gasteiger partial charge on any atom is -0.309 e. The first-order valence-corrected chi connectivity index (χ1v) is 19.4. The van der Waals surface area contributed by atoms with Gasteiger partial charge in [0.1, 0.15) is 0 Å². The molecule has 0 aromatic heterocycles. The van der Waals surface area contributed by atoms with Crippen LogP contribution in [0, 0.1) is 5.92 Å². The number of hydrogen-bond acceptors (Lipinski definition) is 1. The number of hydrogen-bond donors (Lipinski definition) is 0. The molecule has 0 aliphatic heterocycles. The lowest BCUT2D eigenvalue weighted by Crippen LogP contribution is -2.14. The maximum Gasteiger partial charge on any atom is -0.00247 e. The Balaban J connectivity index is 3.77. The summed E-state index contributed by atoms with van der Waals surface area (Å²) in [7, 11) is 4.44. The van der Waals surface area contributed by atoms with E-state index in [0.717, 1.165) is 18.8 Å². The summed E-state index contributed by atoms with van der Waals surface area (Å²) in [5.74, 6) is 0.969. The molecule has 0 aromatic rings. The molecular formula is C42H79N. The van der Waals surface area contributed by atoms with E-state index in [-0.39, 0.29) is 0 Å². The lowest BCUT2D eigenvalue weighted by Gasteiger charge is -2.18. The van der Waals surface area contributed by atoms with Crippen molar-refractivity contribution in [2.45, 2.75) is 194 Å². The minimum absolute atomic E-state index is 0.969. The van der Waals surface area contributed by atoms with Gasteiger partial charge in [-0.25, -0.2) is 0 Å². The van der Waals surface area contributed by atoms with Crippen molar-refractivity contribution in [3.8, 4) is 0 Å². The summed E-state index contributed by atoms with van der Waals surface area (Å²) in [6, 6.07) is 0. The molecule has 1 heteroatoms. The molecule has 1 nitrogen and oxygen atoms in total. The van der Waals surface area contributed by atoms with Crippen LogP contribution in [0.5, 0.6) is 0 Å². The molecule has 0 atom stereocenters. The second-order valence-corrected chi connectivity index (χ2v) is 13.6. The molecule has 0 saturated heterocycles. The third-order valence-corrected chi connectivity index (χ3v) is 8.84. The highest BCUT2D eigenvalue weighted by molar-refractivity contribution is 4.93. The predicted molar refractivity (Wildman–Crippen MR) is 199 cm³/mol. The van der Waals surface area contributed by atoms with Crippen molar-refractivity contribution >= 4 is 0 Å². The van der Waals surface area contributed by atoms with Gasteiger partial charge in [0.25, 0.3) is 0 Å². The standard InChI is InChI=1S/C42H79N/c1-5-7-9-11-13-15-17-19-21-23-25-27-29-31-33-35-38-42(40-37-41-43(3)4)39-36-34-32-30-28-26-24-22-20-18-16-14-12-10-8-6-2/h13-16,19-22,42H,5-12,17-18,23-41H2,1-4H3/b15-13-,16-14-,21-19-,22-20-. The summed E-state index contributed by atoms with van der Waals surface area (Å²) < 4.78 is 0. The van der Waals surface area contributed by atoms with Crippen LogP contribution in [-0.4, -0.2) is 25.5 Å². The SMILES string of the molecule is CCCCC/C=C\C/C=C\CCCCCCCCC(CCCCCCCC/C=C\C/C=C\CCCCC)CCCN(C)C. The molecule has 0 aromatic carbocycles. The van der Waals surface area contributed by atoms with Gasteiger partial charge in [-0.1, -0.05) is 165 Å². The molecule has 0 fully saturated rings. The molecular weight excluding hydrogens is 518 g/mol. The zero-order chi connectivity index (χ0) is 31.3. The molecule has 0 aliphatic rings. The van der Waals surface area contributed by atoms with Crippen LogP contribution in [0.2, 0.25) is 0 Å². The van der Waals surface area contributed by atoms with Gasteiger partial charge in [-0.3, -0.25) is 0 Å². The first-order valence-electron chi connectivity index (χ1n) is 19.4. The molecule has 0 heterocycles. The molecule has 0 N–H and O–H groups in total. The van der Waals surface area contributed by atoms with Gasteiger partial charge in [0.2, 0.25) is 0 Å². The van der Waals surface area contributed by atoms with E-state index in [4.69, 9.17) is 0 Å². The number of unbranched alkanes of at least 4 members (excludes halogenated alkanes) is 18. The lowest BCUT2D eigenvalue weighted by atomic mass is 9.90. The Morgan fingerprint density at radius 1 is 0.372 bits per heavy atom. The van der Waals surface area contributed by atoms with Gasteiger partial charge in [-0.2, -0.15) is 0 Å². The molecule has 0 unspecified atom stereocenters. The van der Waals surface area contributed by atoms with Crippen LogP contribution in [0.15, 0.2) is 48.6 Å². The summed E-state index contributed by atoms with van der Waals surface area (Å²) in [5, 5.41) is 0. The van der Waals surface area contributed by atoms with Crippen LogP contribution in [0.1, 0.15) is 194 Å². The van der Waals surface area contributed by atoms with Crippen molar-refractivity contribution in [2.24, 2.45) is 5.92 Å². The normalized spacial score (nSPS) is 12.6. The Kier molecular flexibility index (Phi) is 36.2. The van der Waals surface area contributed by atoms with Crippen molar-refractivity contribution in [3.63, 3.8) is 0 Å². The lowest BCUT2D eigenvalue weighted by molar-refractivity contribution is 0.332. The highest BCUT2D eigenvalue weighted by Crippen LogP contribution is 2.23. The van der Waals surface area contributed by atoms with Gasteiger partial charge in [0, 0.05) is 0 Å². The number of nitrogens with zero attached hydrogens (tertiary/aromatic N) is 1. The average molecular weight is 598 g/mol. The molecule has 0 radical (unpaired) electrons. The first-order chi connectivity index (χ1) is 21.2. The maximum absolute atomic E-state index is 2.41. The topological polar surface area (TPSA) is 3.24 Å². The Hall–Kier alpha value is -1.08. The summed E-state index contributed by atoms with van der Waals surface area (Å²) in [5.41, 5.74) is 0. The van der Waals surface area contributed by atoms with Gasteiger partial charge < -0.3 is 4.90 Å². The van der Waals surface area contributed by atoms with E-state index in [2.05, 4.69) is 81.5 Å². The highest BCUT2D eigenvalue weighted by atomic mass is 15.0. The van der Waals surface area contributed by atoms with Crippen LogP contribution in [-0.2, 0) is 0 Å².